The number of aromatic nitrogens is 3. The van der Waals surface area contributed by atoms with Crippen molar-refractivity contribution in [3.8, 4) is 11.3 Å². The van der Waals surface area contributed by atoms with Gasteiger partial charge >= 0.3 is 0 Å². The first kappa shape index (κ1) is 41.1. The van der Waals surface area contributed by atoms with Crippen LogP contribution in [0.15, 0.2) is 89.8 Å². The van der Waals surface area contributed by atoms with Crippen molar-refractivity contribution in [3.63, 3.8) is 0 Å². The highest BCUT2D eigenvalue weighted by molar-refractivity contribution is 7.90. The van der Waals surface area contributed by atoms with Gasteiger partial charge in [0.15, 0.2) is 15.5 Å². The predicted molar refractivity (Wildman–Crippen MR) is 228 cm³/mol. The second-order valence-corrected chi connectivity index (χ2v) is 17.5. The molecule has 0 spiro atoms. The van der Waals surface area contributed by atoms with Gasteiger partial charge in [0.1, 0.15) is 6.04 Å². The van der Waals surface area contributed by atoms with Crippen molar-refractivity contribution in [1.29, 1.82) is 0 Å². The number of nitrogens with one attached hydrogen (secondary N) is 4. The average molecular weight is 847 g/mol. The molecule has 61 heavy (non-hydrogen) atoms. The molecule has 2 aromatic heterocycles. The van der Waals surface area contributed by atoms with Gasteiger partial charge in [-0.05, 0) is 86.0 Å². The zero-order valence-corrected chi connectivity index (χ0v) is 34.4. The Morgan fingerprint density at radius 2 is 1.57 bits per heavy atom. The molecule has 0 radical (unpaired) electrons. The van der Waals surface area contributed by atoms with Gasteiger partial charge in [-0.2, -0.15) is 4.98 Å². The van der Waals surface area contributed by atoms with Gasteiger partial charge in [-0.1, -0.05) is 31.0 Å². The number of nitrogens with zero attached hydrogens (tertiary/aromatic N) is 6. The molecule has 3 aliphatic rings. The van der Waals surface area contributed by atoms with E-state index in [0.29, 0.717) is 43.6 Å². The van der Waals surface area contributed by atoms with Gasteiger partial charge in [-0.25, -0.2) is 12.9 Å². The number of unbranched alkanes of at least 4 members (excludes halogenated alkanes) is 3. The molecular formula is C43H46N10O7S. The number of imide groups is 2. The first-order chi connectivity index (χ1) is 29.4. The number of carbonyl (C=O) groups excluding carboxylic acids is 5. The van der Waals surface area contributed by atoms with Crippen molar-refractivity contribution < 1.29 is 32.4 Å². The Bertz CT molecular complexity index is 2610. The number of fused-ring (bicyclic) bond motifs is 2. The summed E-state index contributed by atoms with van der Waals surface area (Å²) in [5.74, 6) is -1.67. The summed E-state index contributed by atoms with van der Waals surface area (Å²) < 4.78 is 25.5. The minimum Gasteiger partial charge on any atom is -0.385 e. The Labute approximate surface area is 352 Å². The Hall–Kier alpha value is -6.66. The van der Waals surface area contributed by atoms with Crippen LogP contribution in [0.3, 0.4) is 0 Å². The molecule has 0 saturated carbocycles. The highest BCUT2D eigenvalue weighted by Crippen LogP contribution is 2.30. The summed E-state index contributed by atoms with van der Waals surface area (Å²) in [4.78, 5) is 72.8. The Morgan fingerprint density at radius 1 is 0.836 bits per heavy atom. The van der Waals surface area contributed by atoms with Crippen LogP contribution in [0, 0.1) is 0 Å². The van der Waals surface area contributed by atoms with Crippen molar-refractivity contribution in [2.75, 3.05) is 61.2 Å². The van der Waals surface area contributed by atoms with E-state index < -0.39 is 39.5 Å². The summed E-state index contributed by atoms with van der Waals surface area (Å²) >= 11 is 0. The van der Waals surface area contributed by atoms with Gasteiger partial charge in [0.2, 0.25) is 23.7 Å². The lowest BCUT2D eigenvalue weighted by atomic mass is 10.0. The zero-order chi connectivity index (χ0) is 42.7. The molecule has 2 saturated heterocycles. The summed E-state index contributed by atoms with van der Waals surface area (Å²) in [5.41, 5.74) is 5.31. The third-order valence-corrected chi connectivity index (χ3v) is 12.2. The van der Waals surface area contributed by atoms with Crippen molar-refractivity contribution in [3.05, 3.63) is 96.1 Å². The fourth-order valence-corrected chi connectivity index (χ4v) is 8.45. The van der Waals surface area contributed by atoms with E-state index in [4.69, 9.17) is 0 Å². The molecule has 5 aromatic rings. The van der Waals surface area contributed by atoms with Crippen LogP contribution < -0.4 is 26.2 Å². The lowest BCUT2D eigenvalue weighted by Crippen LogP contribution is -2.54. The minimum atomic E-state index is -3.30. The van der Waals surface area contributed by atoms with Crippen molar-refractivity contribution in [2.24, 2.45) is 0 Å². The van der Waals surface area contributed by atoms with Gasteiger partial charge in [0.05, 0.1) is 34.9 Å². The maximum atomic E-state index is 13.1. The smallest absolute Gasteiger partial charge is 0.262 e. The number of carbonyl (C=O) groups is 5. The van der Waals surface area contributed by atoms with E-state index in [1.54, 1.807) is 47.0 Å². The molecule has 1 atom stereocenters. The number of pyridine rings is 1. The molecule has 3 aliphatic heterocycles. The second kappa shape index (κ2) is 17.5. The number of piperidine rings is 1. The monoisotopic (exact) mass is 846 g/mol. The summed E-state index contributed by atoms with van der Waals surface area (Å²) in [6, 6.07) is 24.3. The summed E-state index contributed by atoms with van der Waals surface area (Å²) in [7, 11) is -3.30. The van der Waals surface area contributed by atoms with Crippen LogP contribution in [0.2, 0.25) is 0 Å². The average Bonchev–Trinajstić information content (AvgIpc) is 3.95. The highest BCUT2D eigenvalue weighted by atomic mass is 32.2. The molecule has 5 amide bonds. The van der Waals surface area contributed by atoms with Gasteiger partial charge in [-0.3, -0.25) is 39.1 Å². The van der Waals surface area contributed by atoms with E-state index >= 15 is 0 Å². The van der Waals surface area contributed by atoms with Crippen molar-refractivity contribution in [2.45, 2.75) is 49.5 Å². The van der Waals surface area contributed by atoms with Crippen LogP contribution in [0.25, 0.3) is 16.9 Å². The molecule has 18 heteroatoms. The van der Waals surface area contributed by atoms with Crippen LogP contribution in [0.5, 0.6) is 0 Å². The van der Waals surface area contributed by atoms with Crippen molar-refractivity contribution >= 4 is 68.0 Å². The third kappa shape index (κ3) is 9.24. The predicted octanol–water partition coefficient (Wildman–Crippen LogP) is 3.81. The number of benzene rings is 3. The van der Waals surface area contributed by atoms with Crippen LogP contribution in [-0.2, 0) is 24.2 Å². The molecule has 5 heterocycles. The number of amides is 5. The number of rotatable bonds is 16. The standard InChI is InChI=1S/C43H46N10O7S/c1-61(59,60)32-16-9-28(10-17-32)35-7-6-8-37-47-43(49-53(35)37)46-29-11-14-31(15-12-29)51-24-23-50(27-51)26-39(55)45-22-5-3-2-4-21-44-30-13-18-33-34(25-30)42(58)52(41(33)57)36-19-20-38(54)48-40(36)56/h6-18,25,36,44H,2-5,19-24,26-27H2,1H3,(H,45,55)(H,46,49)(H,48,54,56). The molecule has 3 aromatic carbocycles. The number of sulfone groups is 1. The fraction of sp³-hybridized carbons (Fsp3) is 0.326. The molecule has 316 valence electrons. The summed E-state index contributed by atoms with van der Waals surface area (Å²) in [5, 5.41) is 16.5. The number of hydrogen-bond acceptors (Lipinski definition) is 13. The molecule has 4 N–H and O–H groups in total. The first-order valence-corrected chi connectivity index (χ1v) is 22.2. The maximum Gasteiger partial charge on any atom is 0.262 e. The Morgan fingerprint density at radius 3 is 2.33 bits per heavy atom. The highest BCUT2D eigenvalue weighted by Gasteiger charge is 2.44. The van der Waals surface area contributed by atoms with Crippen molar-refractivity contribution in [1.82, 2.24) is 35.0 Å². The van der Waals surface area contributed by atoms with Crippen LogP contribution in [0.4, 0.5) is 23.0 Å². The van der Waals surface area contributed by atoms with E-state index in [1.165, 1.54) is 6.26 Å². The maximum absolute atomic E-state index is 13.1. The topological polar surface area (TPSA) is 208 Å². The molecule has 2 fully saturated rings. The van der Waals surface area contributed by atoms with Crippen LogP contribution >= 0.6 is 0 Å². The fourth-order valence-electron chi connectivity index (χ4n) is 7.82. The van der Waals surface area contributed by atoms with E-state index in [2.05, 4.69) is 41.1 Å². The summed E-state index contributed by atoms with van der Waals surface area (Å²) in [6.45, 7) is 3.81. The van der Waals surface area contributed by atoms with Gasteiger partial charge in [0, 0.05) is 61.5 Å². The number of hydrogen-bond donors (Lipinski definition) is 4. The Kier molecular flexibility index (Phi) is 11.8. The van der Waals surface area contributed by atoms with Gasteiger partial charge < -0.3 is 20.9 Å². The third-order valence-electron chi connectivity index (χ3n) is 11.0. The lowest BCUT2D eigenvalue weighted by Gasteiger charge is -2.27. The van der Waals surface area contributed by atoms with Gasteiger partial charge in [0.25, 0.3) is 11.8 Å². The minimum absolute atomic E-state index is 0.00194. The molecule has 8 rings (SSSR count). The molecule has 17 nitrogen and oxygen atoms in total. The van der Waals surface area contributed by atoms with Crippen LogP contribution in [-0.4, -0.2) is 114 Å². The van der Waals surface area contributed by atoms with E-state index in [9.17, 15) is 32.4 Å². The SMILES string of the molecule is CS(=O)(=O)c1ccc(-c2cccc3nc(Nc4ccc(N5CCN(CC(=O)NCCCCCCNc6ccc7c(c6)C(=O)N(C6CCC(=O)NC6=O)C7=O)C5)cc4)nn23)cc1. The lowest BCUT2D eigenvalue weighted by molar-refractivity contribution is -0.136. The van der Waals surface area contributed by atoms with E-state index in [-0.39, 0.29) is 34.8 Å². The van der Waals surface area contributed by atoms with E-state index in [1.807, 2.05) is 42.5 Å². The molecular weight excluding hydrogens is 801 g/mol. The van der Waals surface area contributed by atoms with Gasteiger partial charge in [-0.15, -0.1) is 5.10 Å². The Balaban J connectivity index is 0.721. The largest absolute Gasteiger partial charge is 0.385 e. The number of anilines is 4. The molecule has 1 unspecified atom stereocenters. The second-order valence-electron chi connectivity index (χ2n) is 15.4. The molecule has 0 aliphatic carbocycles. The quantitative estimate of drug-likeness (QED) is 0.0825. The van der Waals surface area contributed by atoms with E-state index in [0.717, 1.165) is 66.3 Å². The normalized spacial score (nSPS) is 16.9. The summed E-state index contributed by atoms with van der Waals surface area (Å²) in [6.07, 6.45) is 5.01. The van der Waals surface area contributed by atoms with Crippen LogP contribution in [0.1, 0.15) is 59.2 Å². The first-order valence-electron chi connectivity index (χ1n) is 20.3. The molecule has 0 bridgehead atoms. The zero-order valence-electron chi connectivity index (χ0n) is 33.6.